The molecule has 2 aromatic rings. The van der Waals surface area contributed by atoms with Gasteiger partial charge in [-0.15, -0.1) is 0 Å². The molecule has 154 valence electrons. The molecule has 1 aromatic heterocycles. The molecule has 0 unspecified atom stereocenters. The Morgan fingerprint density at radius 1 is 1.34 bits per heavy atom. The van der Waals surface area contributed by atoms with Crippen molar-refractivity contribution in [2.75, 3.05) is 35.4 Å². The molecule has 29 heavy (non-hydrogen) atoms. The highest BCUT2D eigenvalue weighted by Gasteiger charge is 2.44. The van der Waals surface area contributed by atoms with E-state index in [1.54, 1.807) is 18.1 Å². The highest BCUT2D eigenvalue weighted by Crippen LogP contribution is 2.37. The number of H-pyrrole nitrogens is 1. The van der Waals surface area contributed by atoms with Crippen LogP contribution in [0.3, 0.4) is 0 Å². The molecule has 1 fully saturated rings. The Kier molecular flexibility index (Phi) is 5.26. The fourth-order valence-electron chi connectivity index (χ4n) is 3.31. The van der Waals surface area contributed by atoms with Crippen molar-refractivity contribution in [3.8, 4) is 5.75 Å². The van der Waals surface area contributed by atoms with Crippen LogP contribution < -0.4 is 15.0 Å². The Morgan fingerprint density at radius 3 is 2.72 bits per heavy atom. The van der Waals surface area contributed by atoms with Gasteiger partial charge >= 0.3 is 0 Å². The maximum Gasteiger partial charge on any atom is 0.245 e. The van der Waals surface area contributed by atoms with Crippen LogP contribution in [0, 0.1) is 6.92 Å². The average molecular weight is 436 g/mol. The highest BCUT2D eigenvalue weighted by molar-refractivity contribution is 8.15. The minimum atomic E-state index is -3.04. The molecule has 9 nitrogen and oxygen atoms in total. The first-order valence-electron chi connectivity index (χ1n) is 9.01. The molecule has 0 saturated carbocycles. The van der Waals surface area contributed by atoms with Crippen LogP contribution in [0.5, 0.6) is 5.75 Å². The number of amides is 1. The number of methoxy groups -OCH3 is 1. The van der Waals surface area contributed by atoms with Crippen LogP contribution in [-0.2, 0) is 14.6 Å². The second kappa shape index (κ2) is 7.71. The van der Waals surface area contributed by atoms with Crippen LogP contribution in [0.2, 0.25) is 0 Å². The number of carbonyl (C=O) groups excluding carboxylic acids is 1. The van der Waals surface area contributed by atoms with Crippen molar-refractivity contribution in [3.05, 3.63) is 36.0 Å². The van der Waals surface area contributed by atoms with E-state index in [0.717, 1.165) is 11.4 Å². The number of hydrogen-bond acceptors (Lipinski definition) is 8. The molecule has 0 bridgehead atoms. The number of aromatic nitrogens is 2. The van der Waals surface area contributed by atoms with Crippen molar-refractivity contribution in [1.82, 2.24) is 10.2 Å². The van der Waals surface area contributed by atoms with Gasteiger partial charge in [0.1, 0.15) is 12.3 Å². The quantitative estimate of drug-likeness (QED) is 0.730. The van der Waals surface area contributed by atoms with Crippen molar-refractivity contribution in [2.24, 2.45) is 4.99 Å². The number of nitrogens with zero attached hydrogens (tertiary/aromatic N) is 3. The lowest BCUT2D eigenvalue weighted by Gasteiger charge is -2.24. The van der Waals surface area contributed by atoms with E-state index in [-0.39, 0.29) is 35.2 Å². The predicted octanol–water partition coefficient (Wildman–Crippen LogP) is 1.44. The number of fused-ring (bicyclic) bond motifs is 1. The summed E-state index contributed by atoms with van der Waals surface area (Å²) in [6, 6.07) is 8.79. The lowest BCUT2D eigenvalue weighted by molar-refractivity contribution is -0.114. The van der Waals surface area contributed by atoms with Crippen LogP contribution in [0.1, 0.15) is 5.69 Å². The first-order valence-corrected chi connectivity index (χ1v) is 11.7. The largest absolute Gasteiger partial charge is 0.497 e. The van der Waals surface area contributed by atoms with Gasteiger partial charge in [-0.3, -0.25) is 14.9 Å². The number of anilines is 2. The molecule has 0 spiro atoms. The van der Waals surface area contributed by atoms with Gasteiger partial charge in [-0.05, 0) is 31.2 Å². The maximum absolute atomic E-state index is 12.6. The number of nitrogens with one attached hydrogen (secondary N) is 2. The zero-order chi connectivity index (χ0) is 20.6. The molecule has 1 aromatic carbocycles. The number of amidine groups is 1. The number of thioether (sulfide) groups is 1. The molecule has 1 amide bonds. The number of ether oxygens (including phenoxy) is 1. The lowest BCUT2D eigenvalue weighted by atomic mass is 10.2. The van der Waals surface area contributed by atoms with Crippen LogP contribution in [0.15, 0.2) is 35.3 Å². The van der Waals surface area contributed by atoms with Crippen LogP contribution in [0.25, 0.3) is 0 Å². The Labute approximate surface area is 172 Å². The van der Waals surface area contributed by atoms with Gasteiger partial charge in [0.15, 0.2) is 20.8 Å². The molecular formula is C18H21N5O4S2. The van der Waals surface area contributed by atoms with Crippen LogP contribution in [-0.4, -0.2) is 66.1 Å². The summed E-state index contributed by atoms with van der Waals surface area (Å²) < 4.78 is 28.9. The summed E-state index contributed by atoms with van der Waals surface area (Å²) in [5, 5.41) is 10.1. The normalized spacial score (nSPS) is 22.1. The second-order valence-corrected chi connectivity index (χ2v) is 10.3. The van der Waals surface area contributed by atoms with Crippen molar-refractivity contribution < 1.29 is 17.9 Å². The first kappa shape index (κ1) is 19.8. The molecule has 3 heterocycles. The molecular weight excluding hydrogens is 414 g/mol. The molecule has 2 aliphatic heterocycles. The Morgan fingerprint density at radius 2 is 2.10 bits per heavy atom. The summed E-state index contributed by atoms with van der Waals surface area (Å²) >= 11 is 1.41. The van der Waals surface area contributed by atoms with Gasteiger partial charge in [-0.1, -0.05) is 11.8 Å². The predicted molar refractivity (Wildman–Crippen MR) is 114 cm³/mol. The fourth-order valence-corrected chi connectivity index (χ4v) is 7.09. The van der Waals surface area contributed by atoms with E-state index in [9.17, 15) is 13.2 Å². The van der Waals surface area contributed by atoms with Crippen molar-refractivity contribution in [2.45, 2.75) is 18.2 Å². The summed E-state index contributed by atoms with van der Waals surface area (Å²) in [6.07, 6.45) is 0. The molecule has 11 heteroatoms. The minimum Gasteiger partial charge on any atom is -0.497 e. The molecule has 4 rings (SSSR count). The number of aryl methyl sites for hydroxylation is 1. The average Bonchev–Trinajstić information content (AvgIpc) is 3.32. The van der Waals surface area contributed by atoms with Crippen molar-refractivity contribution in [3.63, 3.8) is 0 Å². The number of aromatic amines is 1. The lowest BCUT2D eigenvalue weighted by Crippen LogP contribution is -2.36. The smallest absolute Gasteiger partial charge is 0.245 e. The van der Waals surface area contributed by atoms with Gasteiger partial charge in [0.2, 0.25) is 5.91 Å². The van der Waals surface area contributed by atoms with Crippen LogP contribution >= 0.6 is 11.8 Å². The zero-order valence-corrected chi connectivity index (χ0v) is 17.6. The number of sulfone groups is 1. The zero-order valence-electron chi connectivity index (χ0n) is 16.0. The molecule has 0 aliphatic carbocycles. The summed E-state index contributed by atoms with van der Waals surface area (Å²) in [7, 11) is -1.46. The Hall–Kier alpha value is -2.53. The van der Waals surface area contributed by atoms with E-state index in [1.165, 1.54) is 11.8 Å². The van der Waals surface area contributed by atoms with E-state index >= 15 is 0 Å². The third-order valence-electron chi connectivity index (χ3n) is 4.70. The van der Waals surface area contributed by atoms with E-state index < -0.39 is 9.84 Å². The maximum atomic E-state index is 12.6. The Balaban J connectivity index is 1.56. The van der Waals surface area contributed by atoms with Crippen LogP contribution in [0.4, 0.5) is 11.5 Å². The number of rotatable bonds is 5. The first-order chi connectivity index (χ1) is 13.8. The number of benzene rings is 1. The standard InChI is InChI=1S/C18H21N5O4S2/c1-11-7-16(22-21-11)20-17(24)8-23(12-3-5-13(27-2)6-4-12)18-19-14-9-29(25,26)10-15(14)28-18/h3-7,14-15H,8-10H2,1-2H3,(H2,20,21,22,24)/t14-,15-/m1/s1. The number of carbonyl (C=O) groups is 1. The monoisotopic (exact) mass is 435 g/mol. The molecule has 0 radical (unpaired) electrons. The summed E-state index contributed by atoms with van der Waals surface area (Å²) in [5.41, 5.74) is 1.62. The van der Waals surface area contributed by atoms with Crippen molar-refractivity contribution in [1.29, 1.82) is 0 Å². The van der Waals surface area contributed by atoms with Gasteiger partial charge < -0.3 is 15.0 Å². The molecule has 2 aliphatic rings. The third kappa shape index (κ3) is 4.40. The number of aliphatic imine (C=N–C) groups is 1. The van der Waals surface area contributed by atoms with E-state index in [2.05, 4.69) is 20.5 Å². The molecule has 2 atom stereocenters. The van der Waals surface area contributed by atoms with Gasteiger partial charge in [-0.25, -0.2) is 8.42 Å². The van der Waals surface area contributed by atoms with Crippen molar-refractivity contribution >= 4 is 44.2 Å². The SMILES string of the molecule is COc1ccc(N(CC(=O)Nc2cc(C)[nH]n2)C2=N[C@@H]3CS(=O)(=O)C[C@H]3S2)cc1. The van der Waals surface area contributed by atoms with Gasteiger partial charge in [0.05, 0.1) is 24.7 Å². The van der Waals surface area contributed by atoms with Gasteiger partial charge in [-0.2, -0.15) is 5.10 Å². The summed E-state index contributed by atoms with van der Waals surface area (Å²) in [6.45, 7) is 1.87. The second-order valence-electron chi connectivity index (χ2n) is 6.98. The topological polar surface area (TPSA) is 117 Å². The highest BCUT2D eigenvalue weighted by atomic mass is 32.2. The molecule has 1 saturated heterocycles. The third-order valence-corrected chi connectivity index (χ3v) is 7.94. The minimum absolute atomic E-state index is 0.0241. The van der Waals surface area contributed by atoms with Gasteiger partial charge in [0.25, 0.3) is 0 Å². The van der Waals surface area contributed by atoms with E-state index in [4.69, 9.17) is 4.74 Å². The van der Waals surface area contributed by atoms with Gasteiger partial charge in [0, 0.05) is 22.7 Å². The summed E-state index contributed by atoms with van der Waals surface area (Å²) in [5.74, 6) is 1.08. The van der Waals surface area contributed by atoms with E-state index in [1.807, 2.05) is 31.2 Å². The summed E-state index contributed by atoms with van der Waals surface area (Å²) in [4.78, 5) is 19.1. The fraction of sp³-hybridized carbons (Fsp3) is 0.389. The molecule has 2 N–H and O–H groups in total. The van der Waals surface area contributed by atoms with E-state index in [0.29, 0.717) is 16.7 Å². The number of hydrogen-bond donors (Lipinski definition) is 2. The Bertz CT molecular complexity index is 1050.